The number of esters is 1. The van der Waals surface area contributed by atoms with Crippen molar-refractivity contribution in [1.29, 1.82) is 0 Å². The summed E-state index contributed by atoms with van der Waals surface area (Å²) in [7, 11) is 1.24. The molecule has 0 radical (unpaired) electrons. The average Bonchev–Trinajstić information content (AvgIpc) is 3.30. The van der Waals surface area contributed by atoms with E-state index in [9.17, 15) is 18.4 Å². The number of benzene rings is 2. The number of allylic oxidation sites excluding steroid dienone is 1. The van der Waals surface area contributed by atoms with E-state index in [1.54, 1.807) is 13.0 Å². The molecule has 0 spiro atoms. The number of hydrogen-bond acceptors (Lipinski definition) is 9. The molecule has 198 valence electrons. The number of nitrogens with one attached hydrogen (secondary N) is 3. The van der Waals surface area contributed by atoms with Gasteiger partial charge in [0.05, 0.1) is 23.3 Å². The number of aliphatic imine (C=N–C) groups is 1. The first-order valence-electron chi connectivity index (χ1n) is 11.4. The third-order valence-corrected chi connectivity index (χ3v) is 6.16. The lowest BCUT2D eigenvalue weighted by molar-refractivity contribution is -0.113. The number of anilines is 2. The zero-order valence-electron chi connectivity index (χ0n) is 20.4. The summed E-state index contributed by atoms with van der Waals surface area (Å²) in [5, 5.41) is 8.24. The Morgan fingerprint density at radius 3 is 2.77 bits per heavy atom. The largest absolute Gasteiger partial charge is 0.465 e. The van der Waals surface area contributed by atoms with E-state index in [0.717, 1.165) is 0 Å². The predicted molar refractivity (Wildman–Crippen MR) is 139 cm³/mol. The van der Waals surface area contributed by atoms with E-state index in [1.165, 1.54) is 55.8 Å². The van der Waals surface area contributed by atoms with Crippen molar-refractivity contribution in [3.8, 4) is 0 Å². The number of aromatic nitrogens is 2. The van der Waals surface area contributed by atoms with Crippen molar-refractivity contribution in [1.82, 2.24) is 15.3 Å². The first-order valence-corrected chi connectivity index (χ1v) is 11.8. The summed E-state index contributed by atoms with van der Waals surface area (Å²) in [5.74, 6) is -2.20. The minimum atomic E-state index is -1.07. The van der Waals surface area contributed by atoms with Gasteiger partial charge in [0.1, 0.15) is 29.0 Å². The van der Waals surface area contributed by atoms with E-state index in [4.69, 9.17) is 20.8 Å². The minimum Gasteiger partial charge on any atom is -0.465 e. The van der Waals surface area contributed by atoms with Crippen LogP contribution in [0.3, 0.4) is 0 Å². The molecule has 39 heavy (non-hydrogen) atoms. The molecule has 2 aromatic carbocycles. The highest BCUT2D eigenvalue weighted by atomic mass is 35.5. The number of amides is 1. The molecule has 1 unspecified atom stereocenters. The van der Waals surface area contributed by atoms with Crippen LogP contribution in [0.1, 0.15) is 28.9 Å². The first kappa shape index (κ1) is 25.8. The van der Waals surface area contributed by atoms with Gasteiger partial charge >= 0.3 is 12.0 Å². The van der Waals surface area contributed by atoms with Crippen LogP contribution in [0.15, 0.2) is 75.4 Å². The van der Waals surface area contributed by atoms with Crippen molar-refractivity contribution in [3.05, 3.63) is 93.8 Å². The lowest BCUT2D eigenvalue weighted by atomic mass is 9.95. The van der Waals surface area contributed by atoms with Gasteiger partial charge in [-0.2, -0.15) is 4.98 Å². The van der Waals surface area contributed by atoms with Crippen LogP contribution in [0.2, 0.25) is 5.02 Å². The molecule has 1 amide bonds. The summed E-state index contributed by atoms with van der Waals surface area (Å²) in [6.07, 6.45) is 1.34. The first-order chi connectivity index (χ1) is 18.7. The summed E-state index contributed by atoms with van der Waals surface area (Å²) >= 11 is 6.28. The Balaban J connectivity index is 1.49. The molecule has 0 saturated carbocycles. The number of oxazole rings is 1. The lowest BCUT2D eigenvalue weighted by Gasteiger charge is -2.27. The van der Waals surface area contributed by atoms with Gasteiger partial charge in [0, 0.05) is 23.5 Å². The third-order valence-electron chi connectivity index (χ3n) is 5.76. The molecule has 3 N–H and O–H groups in total. The van der Waals surface area contributed by atoms with Crippen LogP contribution in [0, 0.1) is 11.6 Å². The van der Waals surface area contributed by atoms with Gasteiger partial charge in [-0.05, 0) is 37.3 Å². The maximum Gasteiger partial charge on any atom is 0.338 e. The number of halogens is 3. The fourth-order valence-corrected chi connectivity index (χ4v) is 4.20. The fraction of sp³-hybridized carbons (Fsp3) is 0.115. The third kappa shape index (κ3) is 5.27. The number of carbonyl (C=O) groups is 2. The molecule has 4 aromatic rings. The van der Waals surface area contributed by atoms with E-state index in [1.807, 2.05) is 0 Å². The minimum absolute atomic E-state index is 0.00969. The van der Waals surface area contributed by atoms with Crippen LogP contribution in [-0.4, -0.2) is 34.9 Å². The number of ether oxygens (including phenoxy) is 1. The van der Waals surface area contributed by atoms with Crippen LogP contribution < -0.4 is 16.0 Å². The number of hydrogen-bond donors (Lipinski definition) is 3. The molecule has 1 aliphatic rings. The second-order valence-corrected chi connectivity index (χ2v) is 8.70. The molecule has 1 atom stereocenters. The molecule has 0 saturated heterocycles. The Kier molecular flexibility index (Phi) is 6.94. The van der Waals surface area contributed by atoms with Crippen molar-refractivity contribution in [2.75, 3.05) is 17.7 Å². The summed E-state index contributed by atoms with van der Waals surface area (Å²) in [6, 6.07) is 9.81. The zero-order valence-corrected chi connectivity index (χ0v) is 21.1. The number of fused-ring (bicyclic) bond motifs is 1. The number of pyridine rings is 1. The number of carbonyl (C=O) groups excluding carboxylic acids is 2. The molecule has 13 heteroatoms. The summed E-state index contributed by atoms with van der Waals surface area (Å²) in [4.78, 5) is 38.2. The Morgan fingerprint density at radius 1 is 1.15 bits per heavy atom. The Morgan fingerprint density at radius 2 is 1.97 bits per heavy atom. The fourth-order valence-electron chi connectivity index (χ4n) is 3.97. The summed E-state index contributed by atoms with van der Waals surface area (Å²) in [5.41, 5.74) is 1.49. The maximum atomic E-state index is 14.4. The molecular formula is C26H19ClF2N6O4. The van der Waals surface area contributed by atoms with Gasteiger partial charge in [0.2, 0.25) is 5.96 Å². The van der Waals surface area contributed by atoms with Crippen LogP contribution in [-0.2, 0) is 9.53 Å². The average molecular weight is 553 g/mol. The van der Waals surface area contributed by atoms with E-state index < -0.39 is 29.6 Å². The summed E-state index contributed by atoms with van der Waals surface area (Å²) in [6.45, 7) is 1.62. The van der Waals surface area contributed by atoms with Gasteiger partial charge in [-0.3, -0.25) is 10.1 Å². The summed E-state index contributed by atoms with van der Waals surface area (Å²) < 4.78 is 38.2. The van der Waals surface area contributed by atoms with Gasteiger partial charge in [0.15, 0.2) is 5.58 Å². The van der Waals surface area contributed by atoms with Crippen molar-refractivity contribution in [2.24, 2.45) is 4.99 Å². The second-order valence-electron chi connectivity index (χ2n) is 8.32. The van der Waals surface area contributed by atoms with Crippen LogP contribution >= 0.6 is 11.6 Å². The van der Waals surface area contributed by atoms with Gasteiger partial charge in [-0.25, -0.2) is 23.6 Å². The Bertz CT molecular complexity index is 1690. The maximum absolute atomic E-state index is 14.4. The van der Waals surface area contributed by atoms with Gasteiger partial charge < -0.3 is 19.8 Å². The molecule has 10 nitrogen and oxygen atoms in total. The molecule has 1 aliphatic heterocycles. The second kappa shape index (κ2) is 10.5. The van der Waals surface area contributed by atoms with Crippen LogP contribution in [0.4, 0.5) is 20.6 Å². The quantitative estimate of drug-likeness (QED) is 0.296. The monoisotopic (exact) mass is 552 g/mol. The Hall–Kier alpha value is -4.84. The van der Waals surface area contributed by atoms with Crippen molar-refractivity contribution < 1.29 is 27.5 Å². The zero-order chi connectivity index (χ0) is 27.7. The highest BCUT2D eigenvalue weighted by Crippen LogP contribution is 2.36. The molecule has 0 fully saturated rings. The molecule has 0 aliphatic carbocycles. The number of rotatable bonds is 5. The van der Waals surface area contributed by atoms with Crippen LogP contribution in [0.25, 0.3) is 11.1 Å². The van der Waals surface area contributed by atoms with Crippen molar-refractivity contribution in [2.45, 2.75) is 13.0 Å². The highest BCUT2D eigenvalue weighted by molar-refractivity contribution is 6.31. The Labute approximate surface area is 224 Å². The molecule has 5 rings (SSSR count). The topological polar surface area (TPSA) is 131 Å². The molecule has 3 heterocycles. The standard InChI is InChI=1S/C26H19ClF2N6O4/c1-12-20(23(36)33-19-10-13(8-9-30-19)24(37)38-2)22(15-4-3-5-16(29)21(15)27)34-25(31-12)35-26-32-17-7-6-14(28)11-18(17)39-26/h3-11,22H,1-2H3,(H,30,33,36)(H2,31,32,34,35). The highest BCUT2D eigenvalue weighted by Gasteiger charge is 2.32. The van der Waals surface area contributed by atoms with E-state index >= 15 is 0 Å². The normalized spacial score (nSPS) is 15.0. The molecule has 0 bridgehead atoms. The smallest absolute Gasteiger partial charge is 0.338 e. The van der Waals surface area contributed by atoms with E-state index in [-0.39, 0.29) is 45.1 Å². The molecule has 2 aromatic heterocycles. The predicted octanol–water partition coefficient (Wildman–Crippen LogP) is 4.97. The van der Waals surface area contributed by atoms with Gasteiger partial charge in [-0.1, -0.05) is 23.7 Å². The van der Waals surface area contributed by atoms with Crippen LogP contribution in [0.5, 0.6) is 0 Å². The molecular weight excluding hydrogens is 534 g/mol. The number of nitrogens with zero attached hydrogens (tertiary/aromatic N) is 3. The number of guanidine groups is 1. The number of methoxy groups -OCH3 is 1. The van der Waals surface area contributed by atoms with Gasteiger partial charge in [0.25, 0.3) is 5.91 Å². The van der Waals surface area contributed by atoms with E-state index in [0.29, 0.717) is 11.2 Å². The lowest BCUT2D eigenvalue weighted by Crippen LogP contribution is -2.37. The van der Waals surface area contributed by atoms with Crippen molar-refractivity contribution >= 4 is 52.4 Å². The van der Waals surface area contributed by atoms with E-state index in [2.05, 4.69) is 30.9 Å². The van der Waals surface area contributed by atoms with Gasteiger partial charge in [-0.15, -0.1) is 0 Å². The van der Waals surface area contributed by atoms with Crippen molar-refractivity contribution in [3.63, 3.8) is 0 Å². The SMILES string of the molecule is COC(=O)c1ccnc(NC(=O)C2=C(C)NC(Nc3nc4ccc(F)cc4o3)=NC2c2cccc(F)c2Cl)c1.